The number of benzene rings is 3. The van der Waals surface area contributed by atoms with Gasteiger partial charge < -0.3 is 14.5 Å². The number of para-hydroxylation sites is 2. The van der Waals surface area contributed by atoms with Crippen LogP contribution in [0, 0.1) is 5.21 Å². The van der Waals surface area contributed by atoms with Gasteiger partial charge in [-0.15, -0.1) is 4.85 Å². The molecular weight excluding hydrogens is 444 g/mol. The van der Waals surface area contributed by atoms with E-state index in [1.807, 2.05) is 30.3 Å². The van der Waals surface area contributed by atoms with Gasteiger partial charge in [-0.2, -0.15) is 0 Å². The van der Waals surface area contributed by atoms with E-state index < -0.39 is 5.91 Å². The Bertz CT molecular complexity index is 1450. The number of rotatable bonds is 8. The lowest BCUT2D eigenvalue weighted by Gasteiger charge is -2.05. The molecule has 0 aliphatic heterocycles. The molecule has 0 unspecified atom stereocenters. The molecule has 0 fully saturated rings. The maximum Gasteiger partial charge on any atom is 0.366 e. The van der Waals surface area contributed by atoms with E-state index in [1.54, 1.807) is 48.5 Å². The summed E-state index contributed by atoms with van der Waals surface area (Å²) in [6.45, 7) is 2.88. The lowest BCUT2D eigenvalue weighted by Crippen LogP contribution is -2.31. The van der Waals surface area contributed by atoms with Gasteiger partial charge in [-0.1, -0.05) is 53.9 Å². The lowest BCUT2D eigenvalue weighted by molar-refractivity contribution is -0.645. The molecule has 0 bridgehead atoms. The van der Waals surface area contributed by atoms with Crippen molar-refractivity contribution in [3.8, 4) is 28.3 Å². The van der Waals surface area contributed by atoms with Crippen LogP contribution in [0.25, 0.3) is 33.6 Å². The molecule has 0 saturated heterocycles. The fraction of sp³-hybridized carbons (Fsp3) is 0.185. The number of carbonyl (C=O) groups excluding carboxylic acids is 1. The van der Waals surface area contributed by atoms with Crippen LogP contribution in [-0.4, -0.2) is 27.6 Å². The molecule has 2 aromatic heterocycles. The number of fused-ring (bicyclic) bond motifs is 1. The number of carbonyl (C=O) groups is 1. The zero-order valence-electron chi connectivity index (χ0n) is 19.3. The smallest absolute Gasteiger partial charge is 0.366 e. The summed E-state index contributed by atoms with van der Waals surface area (Å²) in [5, 5.41) is 20.0. The number of unbranched alkanes of at least 4 members (excludes halogenated alkanes) is 2. The van der Waals surface area contributed by atoms with E-state index in [2.05, 4.69) is 17.3 Å². The summed E-state index contributed by atoms with van der Waals surface area (Å²) in [6, 6.07) is 23.3. The molecule has 0 radical (unpaired) electrons. The Morgan fingerprint density at radius 3 is 2.51 bits per heavy atom. The molecule has 0 atom stereocenters. The van der Waals surface area contributed by atoms with Crippen molar-refractivity contribution in [3.05, 3.63) is 89.6 Å². The molecule has 2 heterocycles. The Kier molecular flexibility index (Phi) is 6.26. The number of hydrogen-bond acceptors (Lipinski definition) is 6. The van der Waals surface area contributed by atoms with E-state index in [1.165, 1.54) is 6.42 Å². The van der Waals surface area contributed by atoms with E-state index in [9.17, 15) is 10.0 Å². The number of aromatic nitrogens is 4. The first-order valence-electron chi connectivity index (χ1n) is 11.6. The van der Waals surface area contributed by atoms with Gasteiger partial charge in [0, 0.05) is 17.2 Å². The van der Waals surface area contributed by atoms with Gasteiger partial charge in [0.05, 0.1) is 12.2 Å². The number of ether oxygens (including phenoxy) is 1. The molecule has 0 aliphatic rings. The predicted octanol–water partition coefficient (Wildman–Crippen LogP) is 5.25. The van der Waals surface area contributed by atoms with Gasteiger partial charge in [-0.05, 0) is 55.0 Å². The SMILES string of the molecule is CCCCCOc1ccc(-c2cc(-c3ccc(C(=O)n4n[n+]([O-])c5ccccc54)cc3)on2)cc1. The van der Waals surface area contributed by atoms with Crippen molar-refractivity contribution in [1.82, 2.24) is 15.1 Å². The molecule has 35 heavy (non-hydrogen) atoms. The van der Waals surface area contributed by atoms with Crippen LogP contribution in [0.2, 0.25) is 0 Å². The van der Waals surface area contributed by atoms with Crippen molar-refractivity contribution in [3.63, 3.8) is 0 Å². The second-order valence-corrected chi connectivity index (χ2v) is 8.20. The maximum absolute atomic E-state index is 12.9. The first kappa shape index (κ1) is 22.3. The molecule has 0 saturated carbocycles. The third kappa shape index (κ3) is 4.63. The highest BCUT2D eigenvalue weighted by molar-refractivity contribution is 5.99. The Labute approximate surface area is 201 Å². The van der Waals surface area contributed by atoms with Gasteiger partial charge in [0.1, 0.15) is 16.7 Å². The van der Waals surface area contributed by atoms with Crippen molar-refractivity contribution in [1.29, 1.82) is 0 Å². The Morgan fingerprint density at radius 1 is 1.00 bits per heavy atom. The maximum atomic E-state index is 12.9. The van der Waals surface area contributed by atoms with Gasteiger partial charge in [0.2, 0.25) is 11.0 Å². The second-order valence-electron chi connectivity index (χ2n) is 8.20. The molecule has 8 nitrogen and oxygen atoms in total. The van der Waals surface area contributed by atoms with E-state index in [4.69, 9.17) is 9.26 Å². The minimum absolute atomic E-state index is 0.336. The van der Waals surface area contributed by atoms with Gasteiger partial charge in [0.25, 0.3) is 0 Å². The zero-order chi connectivity index (χ0) is 24.2. The summed E-state index contributed by atoms with van der Waals surface area (Å²) in [4.78, 5) is 13.4. The van der Waals surface area contributed by atoms with Gasteiger partial charge in [0.15, 0.2) is 5.76 Å². The summed E-state index contributed by atoms with van der Waals surface area (Å²) < 4.78 is 12.4. The average molecular weight is 469 g/mol. The highest BCUT2D eigenvalue weighted by Gasteiger charge is 2.22. The Hall–Kier alpha value is -4.46. The highest BCUT2D eigenvalue weighted by atomic mass is 16.5. The minimum atomic E-state index is -0.391. The van der Waals surface area contributed by atoms with Gasteiger partial charge in [-0.3, -0.25) is 0 Å². The molecule has 0 aliphatic carbocycles. The largest absolute Gasteiger partial charge is 0.691 e. The van der Waals surface area contributed by atoms with Crippen LogP contribution >= 0.6 is 0 Å². The topological polar surface area (TPSA) is 97.1 Å². The molecule has 3 aromatic carbocycles. The molecule has 8 heteroatoms. The molecule has 5 aromatic rings. The molecule has 0 amide bonds. The van der Waals surface area contributed by atoms with Crippen LogP contribution in [0.4, 0.5) is 0 Å². The lowest BCUT2D eigenvalue weighted by atomic mass is 10.1. The fourth-order valence-corrected chi connectivity index (χ4v) is 3.84. The summed E-state index contributed by atoms with van der Waals surface area (Å²) >= 11 is 0. The van der Waals surface area contributed by atoms with Crippen LogP contribution < -0.4 is 9.58 Å². The predicted molar refractivity (Wildman–Crippen MR) is 131 cm³/mol. The fourth-order valence-electron chi connectivity index (χ4n) is 3.84. The normalized spacial score (nSPS) is 11.1. The monoisotopic (exact) mass is 468 g/mol. The van der Waals surface area contributed by atoms with E-state index in [-0.39, 0.29) is 0 Å². The van der Waals surface area contributed by atoms with Crippen LogP contribution in [0.5, 0.6) is 5.75 Å². The van der Waals surface area contributed by atoms with Crippen LogP contribution in [0.1, 0.15) is 36.5 Å². The highest BCUT2D eigenvalue weighted by Crippen LogP contribution is 2.28. The average Bonchev–Trinajstić information content (AvgIpc) is 3.52. The summed E-state index contributed by atoms with van der Waals surface area (Å²) in [6.07, 6.45) is 3.38. The van der Waals surface area contributed by atoms with Crippen molar-refractivity contribution in [2.24, 2.45) is 0 Å². The van der Waals surface area contributed by atoms with E-state index in [0.717, 1.165) is 34.4 Å². The quantitative estimate of drug-likeness (QED) is 0.175. The molecular formula is C27H24N4O4. The van der Waals surface area contributed by atoms with Crippen molar-refractivity contribution < 1.29 is 18.9 Å². The summed E-state index contributed by atoms with van der Waals surface area (Å²) in [5.74, 6) is 1.03. The zero-order valence-corrected chi connectivity index (χ0v) is 19.3. The molecule has 0 spiro atoms. The second kappa shape index (κ2) is 9.80. The first-order valence-corrected chi connectivity index (χ1v) is 11.6. The molecule has 0 N–H and O–H groups in total. The third-order valence-corrected chi connectivity index (χ3v) is 5.77. The van der Waals surface area contributed by atoms with Crippen LogP contribution in [0.3, 0.4) is 0 Å². The van der Waals surface area contributed by atoms with Crippen LogP contribution in [0.15, 0.2) is 83.4 Å². The van der Waals surface area contributed by atoms with E-state index >= 15 is 0 Å². The van der Waals surface area contributed by atoms with Gasteiger partial charge >= 0.3 is 5.91 Å². The standard InChI is InChI=1S/C27H24N4O4/c1-2-3-6-17-34-22-15-13-19(14-16-22)23-18-26(35-28-23)20-9-11-21(12-10-20)27(32)30-24-7-4-5-8-25(24)31(33)29-30/h4-5,7-16,18H,2-3,6,17H2,1H3. The first-order chi connectivity index (χ1) is 17.1. The summed E-state index contributed by atoms with van der Waals surface area (Å²) in [7, 11) is 0. The molecule has 176 valence electrons. The number of hydrogen-bond donors (Lipinski definition) is 0. The van der Waals surface area contributed by atoms with Crippen LogP contribution in [-0.2, 0) is 0 Å². The summed E-state index contributed by atoms with van der Waals surface area (Å²) in [5.41, 5.74) is 3.60. The Balaban J connectivity index is 1.30. The Morgan fingerprint density at radius 2 is 1.74 bits per heavy atom. The molecule has 5 rings (SSSR count). The van der Waals surface area contributed by atoms with E-state index in [0.29, 0.717) is 39.5 Å². The minimum Gasteiger partial charge on any atom is -0.691 e. The van der Waals surface area contributed by atoms with Crippen molar-refractivity contribution >= 4 is 16.9 Å². The van der Waals surface area contributed by atoms with Gasteiger partial charge in [-0.25, -0.2) is 4.79 Å². The van der Waals surface area contributed by atoms with Crippen molar-refractivity contribution in [2.75, 3.05) is 6.61 Å². The van der Waals surface area contributed by atoms with Crippen molar-refractivity contribution in [2.45, 2.75) is 26.2 Å². The number of nitrogens with zero attached hydrogens (tertiary/aromatic N) is 4. The third-order valence-electron chi connectivity index (χ3n) is 5.77.